The molecule has 1 saturated heterocycles. The summed E-state index contributed by atoms with van der Waals surface area (Å²) in [5, 5.41) is 0.268. The summed E-state index contributed by atoms with van der Waals surface area (Å²) in [7, 11) is 0. The maximum absolute atomic E-state index is 11.8. The number of hydrogen-bond donors (Lipinski definition) is 0. The standard InChI is InChI=1S/C15H14Cl2N4O3/c1-14(2)23-9-8(6-3-15(6,4-22)10(9)24-14)21-5-18-7-11(16)19-13(17)20-12(7)21/h4-6,8-10H,3H2,1-2H3/t6-,8-,9+,10+,15+/m1/s1. The molecule has 0 aromatic carbocycles. The molecule has 24 heavy (non-hydrogen) atoms. The summed E-state index contributed by atoms with van der Waals surface area (Å²) < 4.78 is 14.0. The number of carbonyl (C=O) groups excluding carboxylic acids is 1. The highest BCUT2D eigenvalue weighted by Gasteiger charge is 2.76. The Kier molecular flexibility index (Phi) is 2.79. The van der Waals surface area contributed by atoms with Crippen molar-refractivity contribution in [1.82, 2.24) is 19.5 Å². The van der Waals surface area contributed by atoms with Gasteiger partial charge >= 0.3 is 0 Å². The van der Waals surface area contributed by atoms with Crippen molar-refractivity contribution < 1.29 is 14.3 Å². The molecule has 0 spiro atoms. The van der Waals surface area contributed by atoms with Crippen LogP contribution in [0.25, 0.3) is 11.2 Å². The van der Waals surface area contributed by atoms with Crippen LogP contribution in [0.2, 0.25) is 10.4 Å². The van der Waals surface area contributed by atoms with E-state index in [1.54, 1.807) is 6.33 Å². The van der Waals surface area contributed by atoms with Gasteiger partial charge in [0.25, 0.3) is 0 Å². The quantitative estimate of drug-likeness (QED) is 0.460. The van der Waals surface area contributed by atoms with Crippen molar-refractivity contribution in [3.05, 3.63) is 16.8 Å². The third-order valence-corrected chi connectivity index (χ3v) is 5.84. The lowest BCUT2D eigenvalue weighted by atomic mass is 10.0. The summed E-state index contributed by atoms with van der Waals surface area (Å²) in [6.45, 7) is 3.72. The van der Waals surface area contributed by atoms with Gasteiger partial charge in [-0.1, -0.05) is 11.6 Å². The van der Waals surface area contributed by atoms with E-state index in [-0.39, 0.29) is 34.6 Å². The van der Waals surface area contributed by atoms with Crippen LogP contribution in [0.4, 0.5) is 0 Å². The van der Waals surface area contributed by atoms with Gasteiger partial charge in [0.05, 0.1) is 17.8 Å². The zero-order valence-electron chi connectivity index (χ0n) is 12.9. The molecular formula is C15H14Cl2N4O3. The molecule has 7 nitrogen and oxygen atoms in total. The number of rotatable bonds is 2. The third kappa shape index (κ3) is 1.76. The number of ether oxygens (including phenoxy) is 2. The lowest BCUT2D eigenvalue weighted by molar-refractivity contribution is -0.161. The average molecular weight is 369 g/mol. The Morgan fingerprint density at radius 3 is 2.88 bits per heavy atom. The fraction of sp³-hybridized carbons (Fsp3) is 0.600. The molecule has 2 aromatic rings. The zero-order valence-corrected chi connectivity index (χ0v) is 14.5. The van der Waals surface area contributed by atoms with Gasteiger partial charge in [-0.05, 0) is 37.8 Å². The van der Waals surface area contributed by atoms with Crippen LogP contribution in [0, 0.1) is 11.3 Å². The van der Waals surface area contributed by atoms with E-state index < -0.39 is 11.2 Å². The molecule has 3 heterocycles. The molecular weight excluding hydrogens is 355 g/mol. The van der Waals surface area contributed by atoms with Gasteiger partial charge in [0.2, 0.25) is 5.28 Å². The van der Waals surface area contributed by atoms with Gasteiger partial charge in [-0.15, -0.1) is 0 Å². The van der Waals surface area contributed by atoms with Crippen LogP contribution in [0.5, 0.6) is 0 Å². The van der Waals surface area contributed by atoms with E-state index in [0.717, 1.165) is 12.7 Å². The first-order chi connectivity index (χ1) is 11.4. The molecule has 5 rings (SSSR count). The summed E-state index contributed by atoms with van der Waals surface area (Å²) in [6, 6.07) is -0.103. The third-order valence-electron chi connectivity index (χ3n) is 5.40. The fourth-order valence-electron chi connectivity index (χ4n) is 4.40. The normalized spacial score (nSPS) is 39.0. The first-order valence-electron chi connectivity index (χ1n) is 7.74. The van der Waals surface area contributed by atoms with E-state index in [1.807, 2.05) is 18.4 Å². The van der Waals surface area contributed by atoms with Crippen LogP contribution in [0.1, 0.15) is 26.3 Å². The Balaban J connectivity index is 1.66. The smallest absolute Gasteiger partial charge is 0.225 e. The van der Waals surface area contributed by atoms with Crippen LogP contribution in [0.15, 0.2) is 6.33 Å². The molecule has 1 aliphatic heterocycles. The molecule has 2 saturated carbocycles. The first-order valence-corrected chi connectivity index (χ1v) is 8.49. The van der Waals surface area contributed by atoms with Crippen LogP contribution < -0.4 is 0 Å². The Morgan fingerprint density at radius 1 is 1.33 bits per heavy atom. The number of carbonyl (C=O) groups is 1. The van der Waals surface area contributed by atoms with Crippen LogP contribution in [-0.2, 0) is 14.3 Å². The molecule has 3 fully saturated rings. The highest BCUT2D eigenvalue weighted by atomic mass is 35.5. The lowest BCUT2D eigenvalue weighted by Gasteiger charge is -2.24. The molecule has 126 valence electrons. The van der Waals surface area contributed by atoms with E-state index in [4.69, 9.17) is 32.7 Å². The van der Waals surface area contributed by atoms with Crippen LogP contribution in [0.3, 0.4) is 0 Å². The second-order valence-electron chi connectivity index (χ2n) is 7.16. The second kappa shape index (κ2) is 4.46. The topological polar surface area (TPSA) is 79.1 Å². The van der Waals surface area contributed by atoms with Crippen molar-refractivity contribution in [2.24, 2.45) is 11.3 Å². The highest BCUT2D eigenvalue weighted by molar-refractivity contribution is 6.35. The molecule has 9 heteroatoms. The summed E-state index contributed by atoms with van der Waals surface area (Å²) >= 11 is 12.1. The number of halogens is 2. The Morgan fingerprint density at radius 2 is 2.12 bits per heavy atom. The van der Waals surface area contributed by atoms with Crippen molar-refractivity contribution in [3.63, 3.8) is 0 Å². The zero-order chi connectivity index (χ0) is 16.9. The van der Waals surface area contributed by atoms with Crippen molar-refractivity contribution >= 4 is 40.7 Å². The molecule has 0 amide bonds. The number of aldehydes is 1. The van der Waals surface area contributed by atoms with Crippen LogP contribution >= 0.6 is 23.2 Å². The minimum atomic E-state index is -0.724. The Labute approximate surface area is 147 Å². The highest BCUT2D eigenvalue weighted by Crippen LogP contribution is 2.70. The monoisotopic (exact) mass is 368 g/mol. The largest absolute Gasteiger partial charge is 0.343 e. The first kappa shape index (κ1) is 15.0. The average Bonchev–Trinajstić information content (AvgIpc) is 2.78. The Hall–Kier alpha value is -1.28. The van der Waals surface area contributed by atoms with Crippen LogP contribution in [-0.4, -0.2) is 43.8 Å². The Bertz CT molecular complexity index is 885. The van der Waals surface area contributed by atoms with Gasteiger partial charge in [0, 0.05) is 0 Å². The molecule has 0 N–H and O–H groups in total. The molecule has 2 aromatic heterocycles. The van der Waals surface area contributed by atoms with E-state index in [1.165, 1.54) is 0 Å². The van der Waals surface area contributed by atoms with E-state index >= 15 is 0 Å². The van der Waals surface area contributed by atoms with Crippen molar-refractivity contribution in [2.45, 2.75) is 44.3 Å². The molecule has 2 aliphatic carbocycles. The number of fused-ring (bicyclic) bond motifs is 4. The number of aromatic nitrogens is 4. The summed E-state index contributed by atoms with van der Waals surface area (Å²) in [6.07, 6.45) is 2.96. The maximum Gasteiger partial charge on any atom is 0.225 e. The van der Waals surface area contributed by atoms with E-state index in [2.05, 4.69) is 15.0 Å². The van der Waals surface area contributed by atoms with Crippen molar-refractivity contribution in [2.75, 3.05) is 0 Å². The molecule has 0 radical (unpaired) electrons. The number of hydrogen-bond acceptors (Lipinski definition) is 6. The minimum Gasteiger partial charge on any atom is -0.343 e. The minimum absolute atomic E-state index is 0.0603. The van der Waals surface area contributed by atoms with Gasteiger partial charge in [0.1, 0.15) is 24.0 Å². The van der Waals surface area contributed by atoms with Gasteiger partial charge in [0.15, 0.2) is 16.6 Å². The summed E-state index contributed by atoms with van der Waals surface area (Å²) in [5.41, 5.74) is 0.547. The molecule has 5 atom stereocenters. The number of nitrogens with zero attached hydrogens (tertiary/aromatic N) is 4. The molecule has 0 bridgehead atoms. The van der Waals surface area contributed by atoms with Gasteiger partial charge in [-0.25, -0.2) is 9.97 Å². The summed E-state index contributed by atoms with van der Waals surface area (Å²) in [5.74, 6) is -0.594. The predicted molar refractivity (Wildman–Crippen MR) is 84.8 cm³/mol. The van der Waals surface area contributed by atoms with E-state index in [9.17, 15) is 4.79 Å². The SMILES string of the molecule is CC1(C)O[C@H]2[C@H](n3cnc4c(Cl)nc(Cl)nc43)[C@H]3C[C@@]3(C=O)[C@H]2O1. The lowest BCUT2D eigenvalue weighted by Crippen LogP contribution is -2.32. The van der Waals surface area contributed by atoms with Gasteiger partial charge in [-0.2, -0.15) is 4.98 Å². The van der Waals surface area contributed by atoms with Gasteiger partial charge < -0.3 is 18.8 Å². The van der Waals surface area contributed by atoms with E-state index in [0.29, 0.717) is 11.2 Å². The molecule has 3 aliphatic rings. The van der Waals surface area contributed by atoms with Crippen molar-refractivity contribution in [3.8, 4) is 0 Å². The molecule has 0 unspecified atom stereocenters. The fourth-order valence-corrected chi connectivity index (χ4v) is 4.82. The van der Waals surface area contributed by atoms with Crippen molar-refractivity contribution in [1.29, 1.82) is 0 Å². The second-order valence-corrected chi connectivity index (χ2v) is 7.86. The number of imidazole rings is 1. The summed E-state index contributed by atoms with van der Waals surface area (Å²) in [4.78, 5) is 24.3. The van der Waals surface area contributed by atoms with Gasteiger partial charge in [-0.3, -0.25) is 0 Å². The predicted octanol–water partition coefficient (Wildman–Crippen LogP) is 2.41. The maximum atomic E-state index is 11.8.